The Bertz CT molecular complexity index is 195. The van der Waals surface area contributed by atoms with Gasteiger partial charge in [0, 0.05) is 5.41 Å². The minimum Gasteiger partial charge on any atom is -0.303 e. The molecule has 0 spiro atoms. The number of hydrogen-bond donors (Lipinski definition) is 0. The summed E-state index contributed by atoms with van der Waals surface area (Å²) in [5.41, 5.74) is 0.113. The summed E-state index contributed by atoms with van der Waals surface area (Å²) in [6.07, 6.45) is 10.2. The lowest BCUT2D eigenvalue weighted by molar-refractivity contribution is -0.116. The third-order valence-corrected chi connectivity index (χ3v) is 3.97. The van der Waals surface area contributed by atoms with Crippen LogP contribution in [0.3, 0.4) is 0 Å². The molecule has 2 aliphatic rings. The van der Waals surface area contributed by atoms with Gasteiger partial charge in [0.05, 0.1) is 0 Å². The molecular weight excluding hydrogens is 160 g/mol. The molecule has 0 aromatic rings. The Labute approximate surface area is 80.9 Å². The molecule has 0 aromatic carbocycles. The summed E-state index contributed by atoms with van der Waals surface area (Å²) >= 11 is 0. The molecule has 2 saturated carbocycles. The van der Waals surface area contributed by atoms with Crippen molar-refractivity contribution in [3.05, 3.63) is 0 Å². The normalized spacial score (nSPS) is 39.3. The second-order valence-corrected chi connectivity index (χ2v) is 5.14. The van der Waals surface area contributed by atoms with E-state index in [0.29, 0.717) is 0 Å². The van der Waals surface area contributed by atoms with Gasteiger partial charge in [-0.2, -0.15) is 0 Å². The van der Waals surface area contributed by atoms with Crippen molar-refractivity contribution in [2.45, 2.75) is 51.9 Å². The lowest BCUT2D eigenvalue weighted by Gasteiger charge is -2.21. The Hall–Kier alpha value is -0.330. The largest absolute Gasteiger partial charge is 0.303 e. The molecule has 2 aliphatic carbocycles. The van der Waals surface area contributed by atoms with E-state index in [-0.39, 0.29) is 5.41 Å². The summed E-state index contributed by atoms with van der Waals surface area (Å²) in [7, 11) is 0. The topological polar surface area (TPSA) is 17.1 Å². The average molecular weight is 180 g/mol. The van der Waals surface area contributed by atoms with Crippen LogP contribution in [-0.2, 0) is 4.79 Å². The Morgan fingerprint density at radius 2 is 2.08 bits per heavy atom. The van der Waals surface area contributed by atoms with Crippen molar-refractivity contribution in [3.8, 4) is 0 Å². The third-order valence-electron chi connectivity index (χ3n) is 3.97. The molecule has 2 rings (SSSR count). The predicted octanol–water partition coefficient (Wildman–Crippen LogP) is 3.18. The van der Waals surface area contributed by atoms with Gasteiger partial charge in [-0.05, 0) is 37.5 Å². The molecule has 0 bridgehead atoms. The van der Waals surface area contributed by atoms with E-state index >= 15 is 0 Å². The number of aldehydes is 1. The van der Waals surface area contributed by atoms with Crippen molar-refractivity contribution in [1.82, 2.24) is 0 Å². The SMILES string of the molecule is CCC1CCC(C=O)(CC2CC2)C1. The second-order valence-electron chi connectivity index (χ2n) is 5.14. The van der Waals surface area contributed by atoms with Gasteiger partial charge in [0.15, 0.2) is 0 Å². The lowest BCUT2D eigenvalue weighted by atomic mass is 9.81. The molecule has 2 atom stereocenters. The highest BCUT2D eigenvalue weighted by molar-refractivity contribution is 5.60. The molecule has 74 valence electrons. The summed E-state index contributed by atoms with van der Waals surface area (Å²) < 4.78 is 0. The minimum absolute atomic E-state index is 0.113. The van der Waals surface area contributed by atoms with Crippen molar-refractivity contribution in [2.75, 3.05) is 0 Å². The van der Waals surface area contributed by atoms with Crippen LogP contribution in [-0.4, -0.2) is 6.29 Å². The van der Waals surface area contributed by atoms with Crippen LogP contribution in [0.1, 0.15) is 51.9 Å². The maximum Gasteiger partial charge on any atom is 0.126 e. The quantitative estimate of drug-likeness (QED) is 0.607. The zero-order valence-corrected chi connectivity index (χ0v) is 8.59. The Morgan fingerprint density at radius 1 is 1.31 bits per heavy atom. The molecule has 0 amide bonds. The molecule has 0 N–H and O–H groups in total. The van der Waals surface area contributed by atoms with Gasteiger partial charge in [-0.25, -0.2) is 0 Å². The first kappa shape index (κ1) is 9.23. The number of carbonyl (C=O) groups is 1. The third kappa shape index (κ3) is 1.95. The van der Waals surface area contributed by atoms with Gasteiger partial charge in [0.25, 0.3) is 0 Å². The van der Waals surface area contributed by atoms with Crippen LogP contribution in [0.15, 0.2) is 0 Å². The molecule has 0 radical (unpaired) electrons. The van der Waals surface area contributed by atoms with E-state index in [9.17, 15) is 4.79 Å². The van der Waals surface area contributed by atoms with Crippen LogP contribution in [0, 0.1) is 17.3 Å². The summed E-state index contributed by atoms with van der Waals surface area (Å²) in [4.78, 5) is 11.2. The number of carbonyl (C=O) groups excluding carboxylic acids is 1. The van der Waals surface area contributed by atoms with E-state index < -0.39 is 0 Å². The van der Waals surface area contributed by atoms with Crippen LogP contribution >= 0.6 is 0 Å². The van der Waals surface area contributed by atoms with Crippen LogP contribution < -0.4 is 0 Å². The van der Waals surface area contributed by atoms with Crippen molar-refractivity contribution >= 4 is 6.29 Å². The molecule has 2 unspecified atom stereocenters. The summed E-state index contributed by atoms with van der Waals surface area (Å²) in [5.74, 6) is 1.74. The predicted molar refractivity (Wildman–Crippen MR) is 53.5 cm³/mol. The van der Waals surface area contributed by atoms with Gasteiger partial charge in [0.1, 0.15) is 6.29 Å². The monoisotopic (exact) mass is 180 g/mol. The molecule has 2 fully saturated rings. The summed E-state index contributed by atoms with van der Waals surface area (Å²) in [5, 5.41) is 0. The van der Waals surface area contributed by atoms with Crippen LogP contribution in [0.5, 0.6) is 0 Å². The smallest absolute Gasteiger partial charge is 0.126 e. The minimum atomic E-state index is 0.113. The fraction of sp³-hybridized carbons (Fsp3) is 0.917. The first-order valence-corrected chi connectivity index (χ1v) is 5.74. The maximum atomic E-state index is 11.2. The van der Waals surface area contributed by atoms with Crippen molar-refractivity contribution in [2.24, 2.45) is 17.3 Å². The molecule has 1 heteroatoms. The highest BCUT2D eigenvalue weighted by atomic mass is 16.1. The molecule has 0 heterocycles. The van der Waals surface area contributed by atoms with Gasteiger partial charge in [-0.1, -0.05) is 26.2 Å². The van der Waals surface area contributed by atoms with E-state index in [1.165, 1.54) is 51.2 Å². The first-order valence-electron chi connectivity index (χ1n) is 5.74. The fourth-order valence-electron chi connectivity index (χ4n) is 2.86. The van der Waals surface area contributed by atoms with E-state index in [1.54, 1.807) is 0 Å². The zero-order valence-electron chi connectivity index (χ0n) is 8.59. The van der Waals surface area contributed by atoms with Crippen LogP contribution in [0.2, 0.25) is 0 Å². The van der Waals surface area contributed by atoms with Crippen molar-refractivity contribution in [1.29, 1.82) is 0 Å². The molecular formula is C12H20O. The van der Waals surface area contributed by atoms with E-state index in [4.69, 9.17) is 0 Å². The van der Waals surface area contributed by atoms with Crippen LogP contribution in [0.4, 0.5) is 0 Å². The van der Waals surface area contributed by atoms with E-state index in [1.807, 2.05) is 0 Å². The Kier molecular flexibility index (Phi) is 2.44. The average Bonchev–Trinajstić information content (AvgIpc) is 2.85. The summed E-state index contributed by atoms with van der Waals surface area (Å²) in [6, 6.07) is 0. The highest BCUT2D eigenvalue weighted by Gasteiger charge is 2.42. The first-order chi connectivity index (χ1) is 6.28. The van der Waals surface area contributed by atoms with E-state index in [2.05, 4.69) is 6.92 Å². The number of hydrogen-bond acceptors (Lipinski definition) is 1. The van der Waals surface area contributed by atoms with Crippen LogP contribution in [0.25, 0.3) is 0 Å². The van der Waals surface area contributed by atoms with Gasteiger partial charge < -0.3 is 4.79 Å². The zero-order chi connectivity index (χ0) is 9.31. The lowest BCUT2D eigenvalue weighted by Crippen LogP contribution is -2.19. The van der Waals surface area contributed by atoms with E-state index in [0.717, 1.165) is 11.8 Å². The standard InChI is InChI=1S/C12H20O/c1-2-10-5-6-12(7-10,9-13)8-11-3-4-11/h9-11H,2-8H2,1H3. The van der Waals surface area contributed by atoms with Gasteiger partial charge in [0.2, 0.25) is 0 Å². The number of rotatable bonds is 4. The Balaban J connectivity index is 1.95. The van der Waals surface area contributed by atoms with Gasteiger partial charge >= 0.3 is 0 Å². The highest BCUT2D eigenvalue weighted by Crippen LogP contribution is 2.50. The van der Waals surface area contributed by atoms with Crippen molar-refractivity contribution < 1.29 is 4.79 Å². The molecule has 0 aliphatic heterocycles. The maximum absolute atomic E-state index is 11.2. The fourth-order valence-corrected chi connectivity index (χ4v) is 2.86. The van der Waals surface area contributed by atoms with Crippen molar-refractivity contribution in [3.63, 3.8) is 0 Å². The molecule has 13 heavy (non-hydrogen) atoms. The summed E-state index contributed by atoms with van der Waals surface area (Å²) in [6.45, 7) is 2.25. The van der Waals surface area contributed by atoms with Gasteiger partial charge in [-0.3, -0.25) is 0 Å². The molecule has 0 aromatic heterocycles. The Morgan fingerprint density at radius 3 is 2.54 bits per heavy atom. The molecule has 1 nitrogen and oxygen atoms in total. The molecule has 0 saturated heterocycles. The van der Waals surface area contributed by atoms with Gasteiger partial charge in [-0.15, -0.1) is 0 Å². The second kappa shape index (κ2) is 3.43.